The third-order valence-electron chi connectivity index (χ3n) is 4.99. The van der Waals surface area contributed by atoms with Crippen LogP contribution >= 0.6 is 11.6 Å². The molecule has 3 aromatic heterocycles. The van der Waals surface area contributed by atoms with Gasteiger partial charge in [0, 0.05) is 36.6 Å². The van der Waals surface area contributed by atoms with E-state index in [0.717, 1.165) is 5.82 Å². The summed E-state index contributed by atoms with van der Waals surface area (Å²) in [6.45, 7) is 2.28. The number of halogens is 2. The summed E-state index contributed by atoms with van der Waals surface area (Å²) in [6, 6.07) is 10.1. The number of hydrogen-bond donors (Lipinski definition) is 2. The normalized spacial score (nSPS) is 12.0. The fourth-order valence-electron chi connectivity index (χ4n) is 3.37. The van der Waals surface area contributed by atoms with Gasteiger partial charge in [-0.15, -0.1) is 0 Å². The number of benzene rings is 1. The van der Waals surface area contributed by atoms with Crippen LogP contribution < -0.4 is 10.9 Å². The number of aromatic nitrogens is 5. The maximum Gasteiger partial charge on any atom is 0.251 e. The number of pyridine rings is 1. The molecule has 0 bridgehead atoms. The standard InChI is InChI=1S/C22H20ClFN6O2/c1-2-30-20(6-9-26-30)28-22-25-8-5-18(27-22)14-7-10-29(21(32)12-14)19(13-31)15-3-4-16(23)17(24)11-15/h3-12,19,31H,2,13H2,1H3,(H,25,27,28). The Bertz CT molecular complexity index is 1310. The van der Waals surface area contributed by atoms with Crippen molar-refractivity contribution in [2.75, 3.05) is 11.9 Å². The fraction of sp³-hybridized carbons (Fsp3) is 0.182. The molecule has 4 rings (SSSR count). The summed E-state index contributed by atoms with van der Waals surface area (Å²) in [5.74, 6) is 0.505. The lowest BCUT2D eigenvalue weighted by Crippen LogP contribution is -2.27. The highest BCUT2D eigenvalue weighted by Crippen LogP contribution is 2.23. The van der Waals surface area contributed by atoms with Crippen LogP contribution in [0.3, 0.4) is 0 Å². The molecule has 1 aromatic carbocycles. The predicted octanol–water partition coefficient (Wildman–Crippen LogP) is 3.64. The van der Waals surface area contributed by atoms with E-state index >= 15 is 0 Å². The Morgan fingerprint density at radius 2 is 2.03 bits per heavy atom. The van der Waals surface area contributed by atoms with Gasteiger partial charge < -0.3 is 15.0 Å². The van der Waals surface area contributed by atoms with E-state index in [-0.39, 0.29) is 17.2 Å². The van der Waals surface area contributed by atoms with Gasteiger partial charge in [-0.25, -0.2) is 19.0 Å². The highest BCUT2D eigenvalue weighted by atomic mass is 35.5. The molecule has 0 radical (unpaired) electrons. The summed E-state index contributed by atoms with van der Waals surface area (Å²) in [6.07, 6.45) is 4.82. The number of hydrogen-bond acceptors (Lipinski definition) is 6. The molecular weight excluding hydrogens is 435 g/mol. The average Bonchev–Trinajstić information content (AvgIpc) is 3.25. The summed E-state index contributed by atoms with van der Waals surface area (Å²) in [5.41, 5.74) is 1.20. The zero-order valence-electron chi connectivity index (χ0n) is 17.1. The van der Waals surface area contributed by atoms with Gasteiger partial charge >= 0.3 is 0 Å². The molecule has 1 unspecified atom stereocenters. The summed E-state index contributed by atoms with van der Waals surface area (Å²) in [4.78, 5) is 21.5. The largest absolute Gasteiger partial charge is 0.394 e. The van der Waals surface area contributed by atoms with E-state index in [9.17, 15) is 14.3 Å². The van der Waals surface area contributed by atoms with Crippen molar-refractivity contribution in [1.82, 2.24) is 24.3 Å². The minimum Gasteiger partial charge on any atom is -0.394 e. The molecule has 10 heteroatoms. The Morgan fingerprint density at radius 1 is 1.19 bits per heavy atom. The lowest BCUT2D eigenvalue weighted by Gasteiger charge is -2.18. The molecule has 0 aliphatic carbocycles. The Hall–Kier alpha value is -3.56. The molecule has 0 saturated heterocycles. The maximum absolute atomic E-state index is 13.9. The highest BCUT2D eigenvalue weighted by molar-refractivity contribution is 6.30. The van der Waals surface area contributed by atoms with Crippen LogP contribution in [0.4, 0.5) is 16.2 Å². The van der Waals surface area contributed by atoms with Crippen molar-refractivity contribution in [3.63, 3.8) is 0 Å². The van der Waals surface area contributed by atoms with Crippen molar-refractivity contribution >= 4 is 23.4 Å². The minimum atomic E-state index is -0.750. The summed E-state index contributed by atoms with van der Waals surface area (Å²) in [7, 11) is 0. The summed E-state index contributed by atoms with van der Waals surface area (Å²) >= 11 is 5.74. The molecule has 1 atom stereocenters. The van der Waals surface area contributed by atoms with Crippen LogP contribution in [0.5, 0.6) is 0 Å². The van der Waals surface area contributed by atoms with Crippen LogP contribution in [-0.2, 0) is 6.54 Å². The molecule has 4 aromatic rings. The number of aliphatic hydroxyl groups excluding tert-OH is 1. The van der Waals surface area contributed by atoms with Gasteiger partial charge in [-0.2, -0.15) is 5.10 Å². The van der Waals surface area contributed by atoms with E-state index < -0.39 is 11.9 Å². The van der Waals surface area contributed by atoms with Gasteiger partial charge in [-0.1, -0.05) is 17.7 Å². The molecule has 3 heterocycles. The first-order valence-electron chi connectivity index (χ1n) is 9.90. The van der Waals surface area contributed by atoms with Gasteiger partial charge in [0.1, 0.15) is 11.6 Å². The van der Waals surface area contributed by atoms with Gasteiger partial charge in [0.15, 0.2) is 0 Å². The first-order valence-corrected chi connectivity index (χ1v) is 10.3. The topological polar surface area (TPSA) is 97.9 Å². The molecule has 32 heavy (non-hydrogen) atoms. The first-order chi connectivity index (χ1) is 15.5. The Morgan fingerprint density at radius 3 is 2.75 bits per heavy atom. The number of nitrogens with zero attached hydrogens (tertiary/aromatic N) is 5. The van der Waals surface area contributed by atoms with Crippen molar-refractivity contribution in [2.45, 2.75) is 19.5 Å². The van der Waals surface area contributed by atoms with Gasteiger partial charge in [-0.3, -0.25) is 4.79 Å². The second-order valence-electron chi connectivity index (χ2n) is 6.96. The van der Waals surface area contributed by atoms with Crippen LogP contribution in [0.15, 0.2) is 65.8 Å². The number of aryl methyl sites for hydroxylation is 1. The minimum absolute atomic E-state index is 0.0247. The Labute approximate surface area is 188 Å². The van der Waals surface area contributed by atoms with Crippen molar-refractivity contribution < 1.29 is 9.50 Å². The zero-order chi connectivity index (χ0) is 22.7. The maximum atomic E-state index is 13.9. The predicted molar refractivity (Wildman–Crippen MR) is 120 cm³/mol. The monoisotopic (exact) mass is 454 g/mol. The van der Waals surface area contributed by atoms with Gasteiger partial charge in [-0.05, 0) is 36.8 Å². The van der Waals surface area contributed by atoms with E-state index in [1.807, 2.05) is 13.0 Å². The van der Waals surface area contributed by atoms with Gasteiger partial charge in [0.2, 0.25) is 5.95 Å². The van der Waals surface area contributed by atoms with E-state index in [1.54, 1.807) is 41.5 Å². The van der Waals surface area contributed by atoms with E-state index in [2.05, 4.69) is 20.4 Å². The number of nitrogens with one attached hydrogen (secondary N) is 1. The smallest absolute Gasteiger partial charge is 0.251 e. The van der Waals surface area contributed by atoms with Crippen LogP contribution in [0.2, 0.25) is 5.02 Å². The SMILES string of the molecule is CCn1nccc1Nc1nccc(-c2ccn(C(CO)c3ccc(Cl)c(F)c3)c(=O)c2)n1. The second-order valence-corrected chi connectivity index (χ2v) is 7.36. The van der Waals surface area contributed by atoms with E-state index in [4.69, 9.17) is 11.6 Å². The van der Waals surface area contributed by atoms with Crippen LogP contribution in [0, 0.1) is 5.82 Å². The Kier molecular flexibility index (Phi) is 6.29. The lowest BCUT2D eigenvalue weighted by atomic mass is 10.1. The molecule has 164 valence electrons. The lowest BCUT2D eigenvalue weighted by molar-refractivity contribution is 0.247. The molecule has 8 nitrogen and oxygen atoms in total. The third-order valence-corrected chi connectivity index (χ3v) is 5.30. The molecule has 0 aliphatic heterocycles. The quantitative estimate of drug-likeness (QED) is 0.442. The summed E-state index contributed by atoms with van der Waals surface area (Å²) < 4.78 is 17.0. The fourth-order valence-corrected chi connectivity index (χ4v) is 3.48. The molecule has 0 aliphatic rings. The van der Waals surface area contributed by atoms with Crippen molar-refractivity contribution in [3.05, 3.63) is 87.8 Å². The van der Waals surface area contributed by atoms with Crippen LogP contribution in [0.25, 0.3) is 11.3 Å². The van der Waals surface area contributed by atoms with Crippen LogP contribution in [-0.4, -0.2) is 36.0 Å². The van der Waals surface area contributed by atoms with Gasteiger partial charge in [0.05, 0.1) is 29.6 Å². The molecule has 0 fully saturated rings. The zero-order valence-corrected chi connectivity index (χ0v) is 17.9. The molecule has 0 saturated carbocycles. The number of rotatable bonds is 7. The third kappa shape index (κ3) is 4.39. The Balaban J connectivity index is 1.63. The first kappa shape index (κ1) is 21.7. The highest BCUT2D eigenvalue weighted by Gasteiger charge is 2.16. The van der Waals surface area contributed by atoms with Gasteiger partial charge in [0.25, 0.3) is 5.56 Å². The average molecular weight is 455 g/mol. The van der Waals surface area contributed by atoms with Crippen molar-refractivity contribution in [3.8, 4) is 11.3 Å². The molecule has 0 spiro atoms. The molecular formula is C22H20ClFN6O2. The molecule has 2 N–H and O–H groups in total. The van der Waals surface area contributed by atoms with E-state index in [1.165, 1.54) is 22.8 Å². The van der Waals surface area contributed by atoms with Crippen LogP contribution in [0.1, 0.15) is 18.5 Å². The molecule has 0 amide bonds. The number of aliphatic hydroxyl groups is 1. The second kappa shape index (κ2) is 9.29. The number of anilines is 2. The van der Waals surface area contributed by atoms with Crippen molar-refractivity contribution in [2.24, 2.45) is 0 Å². The van der Waals surface area contributed by atoms with Crippen molar-refractivity contribution in [1.29, 1.82) is 0 Å². The summed E-state index contributed by atoms with van der Waals surface area (Å²) in [5, 5.41) is 17.1. The van der Waals surface area contributed by atoms with E-state index in [0.29, 0.717) is 29.3 Å².